The number of aryl methyl sites for hydroxylation is 2. The lowest BCUT2D eigenvalue weighted by Crippen LogP contribution is -2.31. The maximum absolute atomic E-state index is 12.1. The molecule has 0 radical (unpaired) electrons. The first-order chi connectivity index (χ1) is 14.9. The summed E-state index contributed by atoms with van der Waals surface area (Å²) in [6, 6.07) is 10.6. The number of carbonyl (C=O) groups is 1. The van der Waals surface area contributed by atoms with Gasteiger partial charge in [-0.2, -0.15) is 5.10 Å². The Hall–Kier alpha value is -4.31. The standard InChI is InChI=1S/C21H21N7O3/c1-25-7-8-27(21(25)30)15-3-5-18(6-4-15)31-19-10-16(28(23)17(11-22)13-29)9-14-12-24-26(2)20(14)19/h3-13H,22-23H2,1-2H3/b17-11-. The minimum absolute atomic E-state index is 0.104. The van der Waals surface area contributed by atoms with Gasteiger partial charge in [-0.05, 0) is 30.3 Å². The Morgan fingerprint density at radius 3 is 2.52 bits per heavy atom. The van der Waals surface area contributed by atoms with Crippen LogP contribution in [0.25, 0.3) is 16.6 Å². The normalized spacial score (nSPS) is 11.6. The summed E-state index contributed by atoms with van der Waals surface area (Å²) < 4.78 is 10.8. The van der Waals surface area contributed by atoms with E-state index < -0.39 is 0 Å². The van der Waals surface area contributed by atoms with Gasteiger partial charge in [0.05, 0.1) is 17.6 Å². The third-order valence-corrected chi connectivity index (χ3v) is 4.92. The number of allylic oxidation sites excluding steroid dienone is 1. The largest absolute Gasteiger partial charge is 0.455 e. The molecule has 0 aliphatic heterocycles. The van der Waals surface area contributed by atoms with Gasteiger partial charge in [0, 0.05) is 44.1 Å². The maximum atomic E-state index is 12.1. The quantitative estimate of drug-likeness (QED) is 0.210. The average Bonchev–Trinajstić information content (AvgIpc) is 3.32. The molecule has 0 saturated heterocycles. The lowest BCUT2D eigenvalue weighted by molar-refractivity contribution is -0.105. The Morgan fingerprint density at radius 2 is 1.90 bits per heavy atom. The van der Waals surface area contributed by atoms with Crippen molar-refractivity contribution in [3.05, 3.63) is 77.4 Å². The highest BCUT2D eigenvalue weighted by atomic mass is 16.5. The highest BCUT2D eigenvalue weighted by Gasteiger charge is 2.15. The SMILES string of the molecule is Cn1ccn(-c2ccc(Oc3cc(N(N)/C(C=O)=C\N)cc4cnn(C)c34)cc2)c1=O. The van der Waals surface area contributed by atoms with Crippen LogP contribution in [0.2, 0.25) is 0 Å². The summed E-state index contributed by atoms with van der Waals surface area (Å²) in [4.78, 5) is 23.4. The number of aldehydes is 1. The first kappa shape index (κ1) is 20.0. The van der Waals surface area contributed by atoms with E-state index in [9.17, 15) is 9.59 Å². The van der Waals surface area contributed by atoms with Gasteiger partial charge in [0.25, 0.3) is 0 Å². The number of fused-ring (bicyclic) bond motifs is 1. The molecule has 10 heteroatoms. The third-order valence-electron chi connectivity index (χ3n) is 4.92. The molecule has 0 amide bonds. The van der Waals surface area contributed by atoms with Crippen molar-refractivity contribution in [1.82, 2.24) is 18.9 Å². The number of imidazole rings is 1. The highest BCUT2D eigenvalue weighted by Crippen LogP contribution is 2.34. The number of ether oxygens (including phenoxy) is 1. The summed E-state index contributed by atoms with van der Waals surface area (Å²) in [7, 11) is 3.50. The van der Waals surface area contributed by atoms with Crippen molar-refractivity contribution < 1.29 is 9.53 Å². The smallest absolute Gasteiger partial charge is 0.332 e. The van der Waals surface area contributed by atoms with Gasteiger partial charge in [0.1, 0.15) is 17.0 Å². The molecule has 4 aromatic rings. The molecular weight excluding hydrogens is 398 g/mol. The van der Waals surface area contributed by atoms with E-state index in [2.05, 4.69) is 5.10 Å². The van der Waals surface area contributed by atoms with Crippen molar-refractivity contribution >= 4 is 22.9 Å². The van der Waals surface area contributed by atoms with Gasteiger partial charge in [-0.25, -0.2) is 10.6 Å². The summed E-state index contributed by atoms with van der Waals surface area (Å²) in [5.41, 5.74) is 7.43. The van der Waals surface area contributed by atoms with Crippen LogP contribution in [0.5, 0.6) is 11.5 Å². The van der Waals surface area contributed by atoms with Crippen LogP contribution in [0.3, 0.4) is 0 Å². The Kier molecular flexibility index (Phi) is 5.05. The molecule has 0 aliphatic rings. The summed E-state index contributed by atoms with van der Waals surface area (Å²) in [5, 5.41) is 6.23. The molecular formula is C21H21N7O3. The van der Waals surface area contributed by atoms with Crippen LogP contribution in [0.15, 0.2) is 71.7 Å². The van der Waals surface area contributed by atoms with Gasteiger partial charge >= 0.3 is 5.69 Å². The van der Waals surface area contributed by atoms with Gasteiger partial charge in [0.2, 0.25) is 0 Å². The summed E-state index contributed by atoms with van der Waals surface area (Å²) >= 11 is 0. The summed E-state index contributed by atoms with van der Waals surface area (Å²) in [6.45, 7) is 0. The van der Waals surface area contributed by atoms with E-state index >= 15 is 0 Å². The van der Waals surface area contributed by atoms with Crippen molar-refractivity contribution in [2.75, 3.05) is 5.01 Å². The van der Waals surface area contributed by atoms with E-state index in [1.807, 2.05) is 0 Å². The molecule has 0 bridgehead atoms. The number of hydrogen-bond donors (Lipinski definition) is 2. The van der Waals surface area contributed by atoms with Crippen LogP contribution >= 0.6 is 0 Å². The number of carbonyl (C=O) groups excluding carboxylic acids is 1. The number of benzene rings is 2. The average molecular weight is 419 g/mol. The minimum Gasteiger partial charge on any atom is -0.455 e. The predicted octanol–water partition coefficient (Wildman–Crippen LogP) is 1.53. The number of aromatic nitrogens is 4. The van der Waals surface area contributed by atoms with Crippen molar-refractivity contribution in [3.63, 3.8) is 0 Å². The van der Waals surface area contributed by atoms with Crippen molar-refractivity contribution in [3.8, 4) is 17.2 Å². The zero-order chi connectivity index (χ0) is 22.1. The van der Waals surface area contributed by atoms with Gasteiger partial charge < -0.3 is 15.0 Å². The number of rotatable bonds is 6. The van der Waals surface area contributed by atoms with Gasteiger partial charge in [-0.15, -0.1) is 0 Å². The Balaban J connectivity index is 1.72. The maximum Gasteiger partial charge on any atom is 0.332 e. The van der Waals surface area contributed by atoms with E-state index in [0.29, 0.717) is 29.2 Å². The number of nitrogens with two attached hydrogens (primary N) is 2. The molecule has 2 aromatic carbocycles. The lowest BCUT2D eigenvalue weighted by atomic mass is 10.2. The molecule has 0 fully saturated rings. The fourth-order valence-corrected chi connectivity index (χ4v) is 3.27. The predicted molar refractivity (Wildman–Crippen MR) is 117 cm³/mol. The molecule has 158 valence electrons. The fourth-order valence-electron chi connectivity index (χ4n) is 3.27. The van der Waals surface area contributed by atoms with Gasteiger partial charge in [-0.3, -0.25) is 19.1 Å². The van der Waals surface area contributed by atoms with E-state index in [-0.39, 0.29) is 11.4 Å². The van der Waals surface area contributed by atoms with Crippen molar-refractivity contribution in [2.24, 2.45) is 25.7 Å². The molecule has 10 nitrogen and oxygen atoms in total. The second-order valence-electron chi connectivity index (χ2n) is 6.89. The monoisotopic (exact) mass is 419 g/mol. The molecule has 0 spiro atoms. The topological polar surface area (TPSA) is 126 Å². The second kappa shape index (κ2) is 7.84. The number of hydrogen-bond acceptors (Lipinski definition) is 7. The van der Waals surface area contributed by atoms with Crippen LogP contribution in [-0.4, -0.2) is 25.2 Å². The van der Waals surface area contributed by atoms with E-state index in [4.69, 9.17) is 16.3 Å². The summed E-state index contributed by atoms with van der Waals surface area (Å²) in [5.74, 6) is 7.11. The van der Waals surface area contributed by atoms with Gasteiger partial charge in [0.15, 0.2) is 12.0 Å². The Labute approximate surface area is 177 Å². The fraction of sp³-hybridized carbons (Fsp3) is 0.0952. The zero-order valence-electron chi connectivity index (χ0n) is 17.0. The number of nitrogens with zero attached hydrogens (tertiary/aromatic N) is 5. The van der Waals surface area contributed by atoms with Crippen LogP contribution < -0.4 is 27.0 Å². The van der Waals surface area contributed by atoms with Crippen LogP contribution in [0.4, 0.5) is 5.69 Å². The van der Waals surface area contributed by atoms with E-state index in [1.54, 1.807) is 73.8 Å². The summed E-state index contributed by atoms with van der Waals surface area (Å²) in [6.07, 6.45) is 6.77. The van der Waals surface area contributed by atoms with Crippen LogP contribution in [0, 0.1) is 0 Å². The zero-order valence-corrected chi connectivity index (χ0v) is 17.0. The van der Waals surface area contributed by atoms with E-state index in [0.717, 1.165) is 17.1 Å². The molecule has 31 heavy (non-hydrogen) atoms. The molecule has 0 saturated carbocycles. The number of hydrazine groups is 1. The molecule has 4 rings (SSSR count). The van der Waals surface area contributed by atoms with Crippen LogP contribution in [-0.2, 0) is 18.9 Å². The minimum atomic E-state index is -0.139. The molecule has 0 aliphatic carbocycles. The molecule has 4 N–H and O–H groups in total. The number of anilines is 1. The van der Waals surface area contributed by atoms with E-state index in [1.165, 1.54) is 14.1 Å². The van der Waals surface area contributed by atoms with Crippen molar-refractivity contribution in [2.45, 2.75) is 0 Å². The van der Waals surface area contributed by atoms with Crippen molar-refractivity contribution in [1.29, 1.82) is 0 Å². The molecule has 0 atom stereocenters. The molecule has 2 heterocycles. The molecule has 0 unspecified atom stereocenters. The second-order valence-corrected chi connectivity index (χ2v) is 6.89. The highest BCUT2D eigenvalue weighted by molar-refractivity contribution is 5.90. The first-order valence-electron chi connectivity index (χ1n) is 9.33. The Bertz CT molecular complexity index is 1350. The van der Waals surface area contributed by atoms with Gasteiger partial charge in [-0.1, -0.05) is 0 Å². The third kappa shape index (κ3) is 3.55. The molecule has 2 aromatic heterocycles. The lowest BCUT2D eigenvalue weighted by Gasteiger charge is -2.19. The van der Waals surface area contributed by atoms with Crippen LogP contribution in [0.1, 0.15) is 0 Å². The Morgan fingerprint density at radius 1 is 1.16 bits per heavy atom. The first-order valence-corrected chi connectivity index (χ1v) is 9.33.